The number of hydrogen-bond acceptors (Lipinski definition) is 6. The number of nitrogens with zero attached hydrogens (tertiary/aromatic N) is 2. The number of nitrogens with one attached hydrogen (secondary N) is 1. The zero-order chi connectivity index (χ0) is 30.5. The number of sulfonamides is 1. The molecule has 0 spiro atoms. The number of halogens is 3. The summed E-state index contributed by atoms with van der Waals surface area (Å²) >= 11 is 0. The zero-order valence-electron chi connectivity index (χ0n) is 22.9. The van der Waals surface area contributed by atoms with Crippen LogP contribution < -0.4 is 15.8 Å². The number of ether oxygens (including phenoxy) is 1. The van der Waals surface area contributed by atoms with Crippen LogP contribution in [0.25, 0.3) is 11.1 Å². The lowest BCUT2D eigenvalue weighted by Crippen LogP contribution is -2.48. The summed E-state index contributed by atoms with van der Waals surface area (Å²) < 4.78 is 69.0. The molecule has 9 nitrogen and oxygen atoms in total. The number of amides is 2. The van der Waals surface area contributed by atoms with E-state index < -0.39 is 33.9 Å². The fraction of sp³-hybridized carbons (Fsp3) is 0.310. The van der Waals surface area contributed by atoms with Gasteiger partial charge >= 0.3 is 6.36 Å². The molecule has 0 radical (unpaired) electrons. The number of piperazine rings is 1. The summed E-state index contributed by atoms with van der Waals surface area (Å²) in [6, 6.07) is 16.6. The summed E-state index contributed by atoms with van der Waals surface area (Å²) in [5, 5.41) is 2.78. The van der Waals surface area contributed by atoms with Crippen LogP contribution in [0.3, 0.4) is 0 Å². The highest BCUT2D eigenvalue weighted by molar-refractivity contribution is 7.89. The highest BCUT2D eigenvalue weighted by atomic mass is 32.2. The molecule has 0 aliphatic carbocycles. The molecule has 42 heavy (non-hydrogen) atoms. The Kier molecular flexibility index (Phi) is 9.54. The van der Waals surface area contributed by atoms with Crippen LogP contribution in [0.2, 0.25) is 0 Å². The second-order valence-electron chi connectivity index (χ2n) is 9.81. The molecule has 3 aromatic carbocycles. The minimum absolute atomic E-state index is 0.131. The number of nitrogens with two attached hydrogens (primary N) is 1. The van der Waals surface area contributed by atoms with E-state index in [0.29, 0.717) is 44.8 Å². The highest BCUT2D eigenvalue weighted by Gasteiger charge is 2.33. The van der Waals surface area contributed by atoms with Gasteiger partial charge in [-0.15, -0.1) is 13.2 Å². The van der Waals surface area contributed by atoms with Gasteiger partial charge in [-0.25, -0.2) is 8.42 Å². The number of carbonyl (C=O) groups excluding carboxylic acids is 2. The standard InChI is InChI=1S/C29H31F3N4O5S/c1-2-18-42(39,40)36-16-14-35(15-17-36)19-20-6-12-23(13-7-20)34-28(38)22-10-8-21(9-11-22)26-24(27(33)37)4-3-5-25(26)41-29(30,31)32/h3-13H,2,14-19H2,1H3,(H2,33,37)(H,34,38). The molecule has 0 aromatic heterocycles. The van der Waals surface area contributed by atoms with Crippen LogP contribution in [-0.4, -0.2) is 67.7 Å². The van der Waals surface area contributed by atoms with Gasteiger partial charge < -0.3 is 15.8 Å². The van der Waals surface area contributed by atoms with Crippen molar-refractivity contribution in [2.75, 3.05) is 37.2 Å². The average Bonchev–Trinajstić information content (AvgIpc) is 2.93. The van der Waals surface area contributed by atoms with E-state index >= 15 is 0 Å². The average molecular weight is 605 g/mol. The van der Waals surface area contributed by atoms with Crippen molar-refractivity contribution >= 4 is 27.5 Å². The Balaban J connectivity index is 1.39. The van der Waals surface area contributed by atoms with Crippen LogP contribution in [0.4, 0.5) is 18.9 Å². The second kappa shape index (κ2) is 12.9. The summed E-state index contributed by atoms with van der Waals surface area (Å²) in [4.78, 5) is 26.9. The number of hydrogen-bond donors (Lipinski definition) is 2. The smallest absolute Gasteiger partial charge is 0.405 e. The highest BCUT2D eigenvalue weighted by Crippen LogP contribution is 2.36. The first-order chi connectivity index (χ1) is 19.9. The maximum atomic E-state index is 13.0. The summed E-state index contributed by atoms with van der Waals surface area (Å²) in [5.74, 6) is -1.79. The number of carbonyl (C=O) groups is 2. The van der Waals surface area contributed by atoms with E-state index in [1.165, 1.54) is 36.4 Å². The molecule has 1 fully saturated rings. The van der Waals surface area contributed by atoms with Crippen molar-refractivity contribution < 1.29 is 35.9 Å². The minimum atomic E-state index is -4.98. The molecule has 0 bridgehead atoms. The Bertz CT molecular complexity index is 1520. The lowest BCUT2D eigenvalue weighted by Gasteiger charge is -2.34. The van der Waals surface area contributed by atoms with E-state index in [1.54, 1.807) is 16.4 Å². The minimum Gasteiger partial charge on any atom is -0.405 e. The van der Waals surface area contributed by atoms with Crippen LogP contribution in [0.15, 0.2) is 66.7 Å². The van der Waals surface area contributed by atoms with Crippen LogP contribution in [0.1, 0.15) is 39.6 Å². The molecule has 0 saturated carbocycles. The van der Waals surface area contributed by atoms with Gasteiger partial charge in [0, 0.05) is 49.5 Å². The van der Waals surface area contributed by atoms with Crippen molar-refractivity contribution in [2.45, 2.75) is 26.3 Å². The molecule has 0 atom stereocenters. The summed E-state index contributed by atoms with van der Waals surface area (Å²) in [6.07, 6.45) is -4.39. The van der Waals surface area contributed by atoms with Gasteiger partial charge in [-0.3, -0.25) is 14.5 Å². The third-order valence-electron chi connectivity index (χ3n) is 6.76. The van der Waals surface area contributed by atoms with E-state index in [1.807, 2.05) is 19.1 Å². The number of benzene rings is 3. The van der Waals surface area contributed by atoms with E-state index in [9.17, 15) is 31.2 Å². The number of primary amides is 1. The van der Waals surface area contributed by atoms with Gasteiger partial charge in [-0.2, -0.15) is 4.31 Å². The second-order valence-corrected chi connectivity index (χ2v) is 11.9. The molecule has 1 saturated heterocycles. The summed E-state index contributed by atoms with van der Waals surface area (Å²) in [7, 11) is -3.20. The molecule has 4 rings (SSSR count). The van der Waals surface area contributed by atoms with E-state index in [4.69, 9.17) is 5.73 Å². The Morgan fingerprint density at radius 2 is 1.60 bits per heavy atom. The maximum Gasteiger partial charge on any atom is 0.573 e. The van der Waals surface area contributed by atoms with Crippen molar-refractivity contribution in [3.63, 3.8) is 0 Å². The normalized spacial score (nSPS) is 14.9. The van der Waals surface area contributed by atoms with Crippen molar-refractivity contribution in [1.82, 2.24) is 9.21 Å². The lowest BCUT2D eigenvalue weighted by atomic mass is 9.97. The number of anilines is 1. The monoisotopic (exact) mass is 604 g/mol. The van der Waals surface area contributed by atoms with Crippen LogP contribution >= 0.6 is 0 Å². The Morgan fingerprint density at radius 3 is 2.17 bits per heavy atom. The quantitative estimate of drug-likeness (QED) is 0.353. The molecule has 224 valence electrons. The fourth-order valence-corrected chi connectivity index (χ4v) is 6.23. The first kappa shape index (κ1) is 31.0. The van der Waals surface area contributed by atoms with Crippen LogP contribution in [-0.2, 0) is 16.6 Å². The molecule has 1 aliphatic heterocycles. The molecular weight excluding hydrogens is 573 g/mol. The summed E-state index contributed by atoms with van der Waals surface area (Å²) in [6.45, 7) is 4.67. The summed E-state index contributed by atoms with van der Waals surface area (Å²) in [5.41, 5.74) is 7.10. The van der Waals surface area contributed by atoms with Gasteiger partial charge in [-0.1, -0.05) is 37.3 Å². The van der Waals surface area contributed by atoms with Crippen molar-refractivity contribution in [3.05, 3.63) is 83.4 Å². The SMILES string of the molecule is CCCS(=O)(=O)N1CCN(Cc2ccc(NC(=O)c3ccc(-c4c(OC(F)(F)F)cccc4C(N)=O)cc3)cc2)CC1. The number of alkyl halides is 3. The van der Waals surface area contributed by atoms with Gasteiger partial charge in [-0.05, 0) is 53.9 Å². The van der Waals surface area contributed by atoms with E-state index in [2.05, 4.69) is 15.0 Å². The van der Waals surface area contributed by atoms with Gasteiger partial charge in [0.15, 0.2) is 0 Å². The predicted octanol–water partition coefficient (Wildman–Crippen LogP) is 4.46. The van der Waals surface area contributed by atoms with Crippen molar-refractivity contribution in [2.24, 2.45) is 5.73 Å². The molecule has 2 amide bonds. The van der Waals surface area contributed by atoms with Crippen LogP contribution in [0, 0.1) is 0 Å². The third kappa shape index (κ3) is 7.87. The first-order valence-electron chi connectivity index (χ1n) is 13.3. The lowest BCUT2D eigenvalue weighted by molar-refractivity contribution is -0.274. The van der Waals surface area contributed by atoms with Gasteiger partial charge in [0.05, 0.1) is 11.3 Å². The van der Waals surface area contributed by atoms with Crippen LogP contribution in [0.5, 0.6) is 5.75 Å². The Labute approximate surface area is 242 Å². The van der Waals surface area contributed by atoms with E-state index in [-0.39, 0.29) is 28.0 Å². The van der Waals surface area contributed by atoms with E-state index in [0.717, 1.165) is 11.6 Å². The topological polar surface area (TPSA) is 122 Å². The fourth-order valence-electron chi connectivity index (χ4n) is 4.74. The van der Waals surface area contributed by atoms with Gasteiger partial charge in [0.1, 0.15) is 5.75 Å². The largest absolute Gasteiger partial charge is 0.573 e. The van der Waals surface area contributed by atoms with Gasteiger partial charge in [0.2, 0.25) is 15.9 Å². The maximum absolute atomic E-state index is 13.0. The molecule has 3 aromatic rings. The zero-order valence-corrected chi connectivity index (χ0v) is 23.7. The van der Waals surface area contributed by atoms with Crippen molar-refractivity contribution in [1.29, 1.82) is 0 Å². The van der Waals surface area contributed by atoms with Gasteiger partial charge in [0.25, 0.3) is 5.91 Å². The molecule has 1 aliphatic rings. The molecule has 13 heteroatoms. The predicted molar refractivity (Wildman–Crippen MR) is 152 cm³/mol. The first-order valence-corrected chi connectivity index (χ1v) is 14.9. The molecule has 1 heterocycles. The van der Waals surface area contributed by atoms with Crippen molar-refractivity contribution in [3.8, 4) is 16.9 Å². The molecule has 3 N–H and O–H groups in total. The Morgan fingerprint density at radius 1 is 0.952 bits per heavy atom. The Hall–Kier alpha value is -3.94. The molecular formula is C29H31F3N4O5S. The third-order valence-corrected chi connectivity index (χ3v) is 8.83. The molecule has 0 unspecified atom stereocenters. The number of rotatable bonds is 10.